The predicted octanol–water partition coefficient (Wildman–Crippen LogP) is 5.22. The number of fused-ring (bicyclic) bond motifs is 3. The largest absolute Gasteiger partial charge is 0.393 e. The van der Waals surface area contributed by atoms with E-state index in [0.29, 0.717) is 23.7 Å². The number of hydrogen-bond donors (Lipinski definition) is 2. The van der Waals surface area contributed by atoms with Crippen LogP contribution in [0.25, 0.3) is 0 Å². The van der Waals surface area contributed by atoms with Crippen molar-refractivity contribution in [3.8, 4) is 0 Å². The molecule has 32 heavy (non-hydrogen) atoms. The molecule has 0 aromatic rings. The van der Waals surface area contributed by atoms with E-state index in [4.69, 9.17) is 9.47 Å². The van der Waals surface area contributed by atoms with Crippen LogP contribution in [0.15, 0.2) is 12.2 Å². The molecule has 2 N–H and O–H groups in total. The first-order valence-corrected chi connectivity index (χ1v) is 13.5. The maximum Gasteiger partial charge on any atom is 0.165 e. The second-order valence-electron chi connectivity index (χ2n) is 13.4. The van der Waals surface area contributed by atoms with Crippen LogP contribution in [0, 0.1) is 40.4 Å². The molecule has 1 spiro atoms. The van der Waals surface area contributed by atoms with Gasteiger partial charge < -0.3 is 19.7 Å². The van der Waals surface area contributed by atoms with Gasteiger partial charge in [-0.2, -0.15) is 0 Å². The van der Waals surface area contributed by atoms with Crippen LogP contribution in [-0.2, 0) is 9.47 Å². The summed E-state index contributed by atoms with van der Waals surface area (Å²) in [6, 6.07) is 0. The average Bonchev–Trinajstić information content (AvgIpc) is 3.26. The van der Waals surface area contributed by atoms with E-state index in [1.54, 1.807) is 0 Å². The van der Waals surface area contributed by atoms with E-state index in [1.807, 2.05) is 0 Å². The third-order valence-electron chi connectivity index (χ3n) is 11.9. The molecule has 2 heterocycles. The SMILES string of the molecule is C=C(CCC1(C)OC2OC3CC1C21CCC2C4(C)CCC(O)CC4CCC2(O)C31)C(C)C. The molecule has 0 amide bonds. The van der Waals surface area contributed by atoms with Crippen molar-refractivity contribution >= 4 is 0 Å². The molecule has 4 saturated carbocycles. The summed E-state index contributed by atoms with van der Waals surface area (Å²) in [7, 11) is 0. The maximum atomic E-state index is 12.5. The summed E-state index contributed by atoms with van der Waals surface area (Å²) in [6.45, 7) is 13.5. The Morgan fingerprint density at radius 2 is 1.84 bits per heavy atom. The number of aliphatic hydroxyl groups is 2. The Balaban J connectivity index is 1.31. The van der Waals surface area contributed by atoms with E-state index in [9.17, 15) is 10.2 Å². The van der Waals surface area contributed by atoms with Crippen molar-refractivity contribution in [2.75, 3.05) is 0 Å². The molecule has 2 aliphatic heterocycles. The minimum absolute atomic E-state index is 0.0127. The van der Waals surface area contributed by atoms with E-state index in [-0.39, 0.29) is 40.8 Å². The zero-order valence-electron chi connectivity index (χ0n) is 20.6. The van der Waals surface area contributed by atoms with E-state index in [1.165, 1.54) is 5.57 Å². The topological polar surface area (TPSA) is 58.9 Å². The highest BCUT2D eigenvalue weighted by Crippen LogP contribution is 2.77. The lowest BCUT2D eigenvalue weighted by Crippen LogP contribution is -2.65. The first-order valence-electron chi connectivity index (χ1n) is 13.5. The molecular formula is C28H44O4. The summed E-state index contributed by atoms with van der Waals surface area (Å²) in [4.78, 5) is 0. The molecule has 0 aromatic heterocycles. The molecule has 4 nitrogen and oxygen atoms in total. The summed E-state index contributed by atoms with van der Waals surface area (Å²) < 4.78 is 13.4. The smallest absolute Gasteiger partial charge is 0.165 e. The average molecular weight is 445 g/mol. The fourth-order valence-electron chi connectivity index (χ4n) is 10.1. The first kappa shape index (κ1) is 22.1. The lowest BCUT2D eigenvalue weighted by Gasteiger charge is -2.63. The third-order valence-corrected chi connectivity index (χ3v) is 11.9. The fraction of sp³-hybridized carbons (Fsp3) is 0.929. The van der Waals surface area contributed by atoms with Gasteiger partial charge in [0.2, 0.25) is 0 Å². The fourth-order valence-corrected chi connectivity index (χ4v) is 10.1. The van der Waals surface area contributed by atoms with E-state index in [0.717, 1.165) is 64.2 Å². The Morgan fingerprint density at radius 1 is 1.06 bits per heavy atom. The van der Waals surface area contributed by atoms with Gasteiger partial charge >= 0.3 is 0 Å². The second-order valence-corrected chi connectivity index (χ2v) is 13.4. The Hall–Kier alpha value is -0.420. The van der Waals surface area contributed by atoms with Gasteiger partial charge in [0, 0.05) is 17.3 Å². The van der Waals surface area contributed by atoms with Crippen molar-refractivity contribution in [2.24, 2.45) is 40.4 Å². The van der Waals surface area contributed by atoms with Gasteiger partial charge in [-0.1, -0.05) is 32.9 Å². The minimum atomic E-state index is -0.643. The van der Waals surface area contributed by atoms with Gasteiger partial charge in [0.25, 0.3) is 0 Å². The molecule has 2 saturated heterocycles. The van der Waals surface area contributed by atoms with Crippen LogP contribution in [0.4, 0.5) is 0 Å². The van der Waals surface area contributed by atoms with E-state index < -0.39 is 5.60 Å². The second kappa shape index (κ2) is 6.83. The van der Waals surface area contributed by atoms with Crippen molar-refractivity contribution in [3.63, 3.8) is 0 Å². The molecule has 0 aromatic carbocycles. The van der Waals surface area contributed by atoms with Crippen LogP contribution < -0.4 is 0 Å². The summed E-state index contributed by atoms with van der Waals surface area (Å²) in [6.07, 6.45) is 9.90. The number of allylic oxidation sites excluding steroid dienone is 1. The molecule has 11 unspecified atom stereocenters. The Kier molecular flexibility index (Phi) is 4.71. The molecule has 6 fully saturated rings. The first-order chi connectivity index (χ1) is 15.0. The summed E-state index contributed by atoms with van der Waals surface area (Å²) >= 11 is 0. The maximum absolute atomic E-state index is 12.5. The van der Waals surface area contributed by atoms with Crippen LogP contribution in [0.3, 0.4) is 0 Å². The predicted molar refractivity (Wildman–Crippen MR) is 124 cm³/mol. The van der Waals surface area contributed by atoms with E-state index in [2.05, 4.69) is 34.3 Å². The van der Waals surface area contributed by atoms with Crippen LogP contribution >= 0.6 is 0 Å². The zero-order valence-corrected chi connectivity index (χ0v) is 20.6. The molecule has 0 radical (unpaired) electrons. The van der Waals surface area contributed by atoms with Crippen LogP contribution in [0.2, 0.25) is 0 Å². The highest BCUT2D eigenvalue weighted by atomic mass is 16.7. The Morgan fingerprint density at radius 3 is 2.59 bits per heavy atom. The van der Waals surface area contributed by atoms with Gasteiger partial charge in [0.1, 0.15) is 0 Å². The number of aliphatic hydroxyl groups excluding tert-OH is 1. The van der Waals surface area contributed by atoms with Crippen LogP contribution in [0.1, 0.15) is 91.9 Å². The highest BCUT2D eigenvalue weighted by Gasteiger charge is 2.81. The Bertz CT molecular complexity index is 809. The van der Waals surface area contributed by atoms with Crippen molar-refractivity contribution < 1.29 is 19.7 Å². The van der Waals surface area contributed by atoms with Gasteiger partial charge in [-0.25, -0.2) is 0 Å². The van der Waals surface area contributed by atoms with E-state index >= 15 is 0 Å². The highest BCUT2D eigenvalue weighted by molar-refractivity contribution is 5.27. The monoisotopic (exact) mass is 444 g/mol. The summed E-state index contributed by atoms with van der Waals surface area (Å²) in [5.41, 5.74) is 0.628. The number of ether oxygens (including phenoxy) is 2. The van der Waals surface area contributed by atoms with Crippen molar-refractivity contribution in [3.05, 3.63) is 12.2 Å². The number of hydrogen-bond acceptors (Lipinski definition) is 4. The minimum Gasteiger partial charge on any atom is -0.393 e. The molecule has 6 aliphatic rings. The normalized spacial score (nSPS) is 57.9. The summed E-state index contributed by atoms with van der Waals surface area (Å²) in [5, 5.41) is 22.8. The van der Waals surface area contributed by atoms with Gasteiger partial charge in [-0.15, -0.1) is 0 Å². The van der Waals surface area contributed by atoms with Gasteiger partial charge in [-0.3, -0.25) is 0 Å². The lowest BCUT2D eigenvalue weighted by atomic mass is 9.42. The summed E-state index contributed by atoms with van der Waals surface area (Å²) in [5.74, 6) is 2.08. The van der Waals surface area contributed by atoms with Crippen molar-refractivity contribution in [2.45, 2.75) is 122 Å². The van der Waals surface area contributed by atoms with Crippen LogP contribution in [0.5, 0.6) is 0 Å². The molecule has 4 aliphatic carbocycles. The zero-order chi connectivity index (χ0) is 22.7. The van der Waals surface area contributed by atoms with Gasteiger partial charge in [0.15, 0.2) is 6.29 Å². The molecule has 4 heteroatoms. The molecule has 2 bridgehead atoms. The van der Waals surface area contributed by atoms with Gasteiger partial charge in [-0.05, 0) is 94.3 Å². The Labute approximate surface area is 194 Å². The van der Waals surface area contributed by atoms with Crippen molar-refractivity contribution in [1.82, 2.24) is 0 Å². The standard InChI is InChI=1S/C28H44O4/c1-16(2)17(3)6-11-26(5)22-15-20-23-27(22,24(31-20)32-26)12-9-21-25(4)10-8-19(29)14-18(25)7-13-28(21,23)30/h16,18-24,29-30H,3,6-15H2,1-2,4-5H3. The van der Waals surface area contributed by atoms with Gasteiger partial charge in [0.05, 0.1) is 23.4 Å². The lowest BCUT2D eigenvalue weighted by molar-refractivity contribution is -0.225. The number of rotatable bonds is 4. The molecule has 180 valence electrons. The molecule has 6 rings (SSSR count). The molecule has 11 atom stereocenters. The van der Waals surface area contributed by atoms with Crippen LogP contribution in [-0.4, -0.2) is 39.9 Å². The molecular weight excluding hydrogens is 400 g/mol. The quantitative estimate of drug-likeness (QED) is 0.584. The third kappa shape index (κ3) is 2.59. The van der Waals surface area contributed by atoms with Crippen molar-refractivity contribution in [1.29, 1.82) is 0 Å².